The van der Waals surface area contributed by atoms with Gasteiger partial charge in [-0.2, -0.15) is 0 Å². The fourth-order valence-electron chi connectivity index (χ4n) is 2.06. The summed E-state index contributed by atoms with van der Waals surface area (Å²) in [5.74, 6) is 0. The minimum absolute atomic E-state index is 0.389. The molecular weight excluding hydrogens is 236 g/mol. The highest BCUT2D eigenvalue weighted by Crippen LogP contribution is 2.32. The molecule has 0 fully saturated rings. The number of primary sulfonamides is 1. The maximum absolute atomic E-state index is 11.7. The van der Waals surface area contributed by atoms with E-state index in [0.29, 0.717) is 18.5 Å². The van der Waals surface area contributed by atoms with Gasteiger partial charge in [-0.25, -0.2) is 13.6 Å². The first-order chi connectivity index (χ1) is 7.91. The largest absolute Gasteiger partial charge is 0.399 e. The molecule has 0 spiro atoms. The van der Waals surface area contributed by atoms with Gasteiger partial charge in [0.25, 0.3) is 0 Å². The summed E-state index contributed by atoms with van der Waals surface area (Å²) in [4.78, 5) is 0. The van der Waals surface area contributed by atoms with E-state index >= 15 is 0 Å². The van der Waals surface area contributed by atoms with E-state index in [4.69, 9.17) is 10.9 Å². The normalized spacial score (nSPS) is 24.7. The number of rotatable bonds is 6. The number of sulfonamides is 1. The molecule has 4 nitrogen and oxygen atoms in total. The van der Waals surface area contributed by atoms with Crippen LogP contribution < -0.4 is 10.9 Å². The van der Waals surface area contributed by atoms with Crippen LogP contribution in [0.5, 0.6) is 0 Å². The fourth-order valence-corrected chi connectivity index (χ4v) is 3.07. The summed E-state index contributed by atoms with van der Waals surface area (Å²) in [5, 5.41) is 5.36. The maximum atomic E-state index is 11.7. The van der Waals surface area contributed by atoms with Crippen LogP contribution in [0, 0.1) is 0 Å². The minimum Gasteiger partial charge on any atom is -0.399 e. The summed E-state index contributed by atoms with van der Waals surface area (Å²) < 4.78 is 22.5. The van der Waals surface area contributed by atoms with Crippen molar-refractivity contribution in [2.45, 2.75) is 50.2 Å². The zero-order valence-corrected chi connectivity index (χ0v) is 11.2. The average Bonchev–Trinajstić information content (AvgIpc) is 2.25. The molecule has 1 aliphatic rings. The molecule has 17 heavy (non-hydrogen) atoms. The highest BCUT2D eigenvalue weighted by atomic mass is 32.2. The van der Waals surface area contributed by atoms with Crippen LogP contribution in [-0.2, 0) is 10.0 Å². The molecule has 98 valence electrons. The quantitative estimate of drug-likeness (QED) is 0.712. The zero-order valence-electron chi connectivity index (χ0n) is 10.4. The first kappa shape index (κ1) is 14.3. The van der Waals surface area contributed by atoms with E-state index < -0.39 is 14.8 Å². The number of hydrogen-bond acceptors (Lipinski definition) is 3. The van der Waals surface area contributed by atoms with E-state index in [2.05, 4.69) is 6.92 Å². The molecule has 0 radical (unpaired) electrons. The van der Waals surface area contributed by atoms with E-state index in [-0.39, 0.29) is 0 Å². The van der Waals surface area contributed by atoms with Crippen LogP contribution in [0.2, 0.25) is 0 Å². The molecule has 0 aromatic heterocycles. The van der Waals surface area contributed by atoms with Crippen molar-refractivity contribution in [1.29, 1.82) is 0 Å². The van der Waals surface area contributed by atoms with Gasteiger partial charge in [0.2, 0.25) is 10.0 Å². The Balaban J connectivity index is 2.73. The molecule has 0 amide bonds. The summed E-state index contributed by atoms with van der Waals surface area (Å²) in [6.45, 7) is 2.12. The number of hydrogen-bond donors (Lipinski definition) is 2. The summed E-state index contributed by atoms with van der Waals surface area (Å²) in [6, 6.07) is 0. The van der Waals surface area contributed by atoms with Gasteiger partial charge in [-0.15, -0.1) is 0 Å². The predicted octanol–water partition coefficient (Wildman–Crippen LogP) is 1.79. The van der Waals surface area contributed by atoms with Crippen molar-refractivity contribution in [1.82, 2.24) is 0 Å². The SMILES string of the molecule is CCCCCCC1(S(N)(=O)=O)C=CC(N)=CC1. The standard InChI is InChI=1S/C12H22N2O2S/c1-2-3-4-5-8-12(17(14,15)16)9-6-11(13)7-10-12/h6-7,9H,2-5,8,10,13H2,1H3,(H2,14,15,16). The summed E-state index contributed by atoms with van der Waals surface area (Å²) >= 11 is 0. The van der Waals surface area contributed by atoms with Crippen LogP contribution in [0.3, 0.4) is 0 Å². The minimum atomic E-state index is -3.59. The first-order valence-corrected chi connectivity index (χ1v) is 7.63. The lowest BCUT2D eigenvalue weighted by molar-refractivity contribution is 0.507. The van der Waals surface area contributed by atoms with E-state index in [1.807, 2.05) is 0 Å². The van der Waals surface area contributed by atoms with E-state index in [0.717, 1.165) is 25.7 Å². The second-order valence-electron chi connectivity index (χ2n) is 4.66. The molecule has 4 N–H and O–H groups in total. The number of unbranched alkanes of at least 4 members (excludes halogenated alkanes) is 3. The van der Waals surface area contributed by atoms with Crippen molar-refractivity contribution in [3.05, 3.63) is 23.9 Å². The molecule has 0 bridgehead atoms. The lowest BCUT2D eigenvalue weighted by Crippen LogP contribution is -2.42. The van der Waals surface area contributed by atoms with Crippen molar-refractivity contribution in [3.63, 3.8) is 0 Å². The third-order valence-electron chi connectivity index (χ3n) is 3.28. The Morgan fingerprint density at radius 1 is 1.35 bits per heavy atom. The van der Waals surface area contributed by atoms with Gasteiger partial charge in [-0.1, -0.05) is 44.8 Å². The first-order valence-electron chi connectivity index (χ1n) is 6.08. The number of nitrogens with two attached hydrogens (primary N) is 2. The highest BCUT2D eigenvalue weighted by Gasteiger charge is 2.38. The third kappa shape index (κ3) is 3.57. The Bertz CT molecular complexity index is 412. The highest BCUT2D eigenvalue weighted by molar-refractivity contribution is 7.90. The van der Waals surface area contributed by atoms with Crippen molar-refractivity contribution in [2.24, 2.45) is 10.9 Å². The van der Waals surface area contributed by atoms with Crippen LogP contribution in [-0.4, -0.2) is 13.2 Å². The molecule has 1 unspecified atom stereocenters. The lowest BCUT2D eigenvalue weighted by Gasteiger charge is -2.29. The fraction of sp³-hybridized carbons (Fsp3) is 0.667. The molecule has 1 atom stereocenters. The Hall–Kier alpha value is -0.810. The van der Waals surface area contributed by atoms with Crippen LogP contribution in [0.4, 0.5) is 0 Å². The molecule has 0 aromatic carbocycles. The maximum Gasteiger partial charge on any atom is 0.218 e. The molecule has 5 heteroatoms. The van der Waals surface area contributed by atoms with Gasteiger partial charge < -0.3 is 5.73 Å². The molecule has 1 aliphatic carbocycles. The van der Waals surface area contributed by atoms with Gasteiger partial charge in [-0.3, -0.25) is 0 Å². The van der Waals surface area contributed by atoms with E-state index in [1.165, 1.54) is 0 Å². The van der Waals surface area contributed by atoms with Gasteiger partial charge >= 0.3 is 0 Å². The van der Waals surface area contributed by atoms with Crippen LogP contribution >= 0.6 is 0 Å². The Morgan fingerprint density at radius 2 is 2.06 bits per heavy atom. The second kappa shape index (κ2) is 5.69. The lowest BCUT2D eigenvalue weighted by atomic mass is 9.92. The third-order valence-corrected chi connectivity index (χ3v) is 4.92. The number of allylic oxidation sites excluding steroid dienone is 2. The topological polar surface area (TPSA) is 86.2 Å². The molecule has 0 aromatic rings. The second-order valence-corrected chi connectivity index (χ2v) is 6.57. The molecule has 0 saturated heterocycles. The van der Waals surface area contributed by atoms with E-state index in [9.17, 15) is 8.42 Å². The smallest absolute Gasteiger partial charge is 0.218 e. The van der Waals surface area contributed by atoms with Gasteiger partial charge in [0.15, 0.2) is 0 Å². The molecule has 1 rings (SSSR count). The molecular formula is C12H22N2O2S. The van der Waals surface area contributed by atoms with Gasteiger partial charge in [0.1, 0.15) is 4.75 Å². The van der Waals surface area contributed by atoms with Crippen LogP contribution in [0.15, 0.2) is 23.9 Å². The Labute approximate surface area is 104 Å². The van der Waals surface area contributed by atoms with Gasteiger partial charge in [0, 0.05) is 5.70 Å². The van der Waals surface area contributed by atoms with Crippen LogP contribution in [0.25, 0.3) is 0 Å². The monoisotopic (exact) mass is 258 g/mol. The zero-order chi connectivity index (χ0) is 12.9. The van der Waals surface area contributed by atoms with Crippen molar-refractivity contribution >= 4 is 10.0 Å². The summed E-state index contributed by atoms with van der Waals surface area (Å²) in [7, 11) is -3.59. The summed E-state index contributed by atoms with van der Waals surface area (Å²) in [6.07, 6.45) is 10.2. The van der Waals surface area contributed by atoms with Crippen LogP contribution in [0.1, 0.15) is 45.4 Å². The predicted molar refractivity (Wildman–Crippen MR) is 70.6 cm³/mol. The van der Waals surface area contributed by atoms with Crippen molar-refractivity contribution in [2.75, 3.05) is 0 Å². The average molecular weight is 258 g/mol. The van der Waals surface area contributed by atoms with Crippen molar-refractivity contribution in [3.8, 4) is 0 Å². The molecule has 0 aliphatic heterocycles. The Kier molecular flexibility index (Phi) is 4.77. The van der Waals surface area contributed by atoms with E-state index in [1.54, 1.807) is 18.2 Å². The molecule has 0 heterocycles. The van der Waals surface area contributed by atoms with Gasteiger partial charge in [0.05, 0.1) is 0 Å². The summed E-state index contributed by atoms with van der Waals surface area (Å²) in [5.41, 5.74) is 6.22. The van der Waals surface area contributed by atoms with Gasteiger partial charge in [-0.05, 0) is 18.9 Å². The Morgan fingerprint density at radius 3 is 2.53 bits per heavy atom. The van der Waals surface area contributed by atoms with Crippen molar-refractivity contribution < 1.29 is 8.42 Å². The molecule has 0 saturated carbocycles.